The Morgan fingerprint density at radius 1 is 1.50 bits per heavy atom. The molecule has 1 rings (SSSR count). The van der Waals surface area contributed by atoms with E-state index in [4.69, 9.17) is 5.11 Å². The molecule has 0 radical (unpaired) electrons. The highest BCUT2D eigenvalue weighted by Gasteiger charge is 2.12. The van der Waals surface area contributed by atoms with E-state index in [9.17, 15) is 0 Å². The number of hydrogen-bond donors (Lipinski definition) is 2. The molecule has 4 nitrogen and oxygen atoms in total. The maximum absolute atomic E-state index is 8.97. The topological polar surface area (TPSA) is 50.1 Å². The highest BCUT2D eigenvalue weighted by Crippen LogP contribution is 2.07. The van der Waals surface area contributed by atoms with Gasteiger partial charge in [0.05, 0.1) is 6.20 Å². The van der Waals surface area contributed by atoms with E-state index in [1.54, 1.807) is 0 Å². The summed E-state index contributed by atoms with van der Waals surface area (Å²) < 4.78 is 1.92. The molecule has 1 aromatic rings. The van der Waals surface area contributed by atoms with Gasteiger partial charge in [-0.1, -0.05) is 13.8 Å². The van der Waals surface area contributed by atoms with Crippen molar-refractivity contribution >= 4 is 0 Å². The number of aryl methyl sites for hydroxylation is 1. The Labute approximate surface area is 97.7 Å². The molecule has 1 aromatic heterocycles. The minimum Gasteiger partial charge on any atom is -0.396 e. The van der Waals surface area contributed by atoms with Crippen LogP contribution in [-0.2, 0) is 13.1 Å². The zero-order valence-electron chi connectivity index (χ0n) is 10.5. The Balaban J connectivity index is 2.42. The van der Waals surface area contributed by atoms with Crippen molar-refractivity contribution in [3.8, 4) is 0 Å². The predicted octanol–water partition coefficient (Wildman–Crippen LogP) is 1.40. The normalized spacial score (nSPS) is 13.3. The van der Waals surface area contributed by atoms with Crippen molar-refractivity contribution in [1.29, 1.82) is 0 Å². The molecule has 16 heavy (non-hydrogen) atoms. The Kier molecular flexibility index (Phi) is 5.49. The quantitative estimate of drug-likeness (QED) is 0.737. The maximum Gasteiger partial charge on any atom is 0.0534 e. The number of aromatic nitrogens is 2. The molecule has 92 valence electrons. The average molecular weight is 225 g/mol. The first-order valence-corrected chi connectivity index (χ1v) is 6.03. The summed E-state index contributed by atoms with van der Waals surface area (Å²) in [6.07, 6.45) is 4.76. The summed E-state index contributed by atoms with van der Waals surface area (Å²) in [5, 5.41) is 16.7. The Bertz CT molecular complexity index is 296. The Morgan fingerprint density at radius 3 is 2.75 bits per heavy atom. The van der Waals surface area contributed by atoms with Crippen LogP contribution in [0.25, 0.3) is 0 Å². The van der Waals surface area contributed by atoms with E-state index in [-0.39, 0.29) is 6.61 Å². The molecule has 1 atom stereocenters. The molecule has 0 aliphatic heterocycles. The smallest absolute Gasteiger partial charge is 0.0534 e. The van der Waals surface area contributed by atoms with Gasteiger partial charge < -0.3 is 10.4 Å². The van der Waals surface area contributed by atoms with Gasteiger partial charge in [0.15, 0.2) is 0 Å². The molecule has 0 aromatic carbocycles. The molecule has 1 unspecified atom stereocenters. The predicted molar refractivity (Wildman–Crippen MR) is 65.1 cm³/mol. The molecular formula is C12H23N3O. The van der Waals surface area contributed by atoms with E-state index in [1.807, 2.05) is 10.9 Å². The van der Waals surface area contributed by atoms with Gasteiger partial charge in [0.25, 0.3) is 0 Å². The molecule has 2 N–H and O–H groups in total. The third kappa shape index (κ3) is 3.94. The van der Waals surface area contributed by atoms with Crippen LogP contribution in [0.3, 0.4) is 0 Å². The van der Waals surface area contributed by atoms with Crippen LogP contribution in [0, 0.1) is 5.92 Å². The van der Waals surface area contributed by atoms with Crippen molar-refractivity contribution in [2.24, 2.45) is 5.92 Å². The molecule has 0 saturated carbocycles. The summed E-state index contributed by atoms with van der Waals surface area (Å²) in [5.41, 5.74) is 1.20. The highest BCUT2D eigenvalue weighted by atomic mass is 16.3. The molecule has 0 aliphatic carbocycles. The van der Waals surface area contributed by atoms with Crippen LogP contribution in [0.2, 0.25) is 0 Å². The van der Waals surface area contributed by atoms with Gasteiger partial charge in [-0.15, -0.1) is 0 Å². The lowest BCUT2D eigenvalue weighted by Crippen LogP contribution is -2.34. The van der Waals surface area contributed by atoms with Crippen LogP contribution in [0.5, 0.6) is 0 Å². The summed E-state index contributed by atoms with van der Waals surface area (Å²) in [6, 6.07) is 0.370. The van der Waals surface area contributed by atoms with Crippen molar-refractivity contribution in [2.45, 2.75) is 46.3 Å². The minimum absolute atomic E-state index is 0.240. The van der Waals surface area contributed by atoms with Crippen molar-refractivity contribution in [2.75, 3.05) is 6.61 Å². The molecule has 0 fully saturated rings. The lowest BCUT2D eigenvalue weighted by Gasteiger charge is -2.21. The first-order valence-electron chi connectivity index (χ1n) is 6.03. The molecule has 0 bridgehead atoms. The fourth-order valence-electron chi connectivity index (χ4n) is 1.73. The monoisotopic (exact) mass is 225 g/mol. The van der Waals surface area contributed by atoms with Gasteiger partial charge in [-0.05, 0) is 19.3 Å². The number of nitrogens with zero attached hydrogens (tertiary/aromatic N) is 2. The minimum atomic E-state index is 0.240. The van der Waals surface area contributed by atoms with Gasteiger partial charge in [0, 0.05) is 37.5 Å². The number of rotatable bonds is 7. The standard InChI is InChI=1S/C12H23N3O/c1-4-15-9-11(8-14-15)7-13-12(5-6-16)10(2)3/h8-10,12-13,16H,4-7H2,1-3H3. The second-order valence-electron chi connectivity index (χ2n) is 4.45. The van der Waals surface area contributed by atoms with Crippen molar-refractivity contribution < 1.29 is 5.11 Å². The summed E-state index contributed by atoms with van der Waals surface area (Å²) in [4.78, 5) is 0. The van der Waals surface area contributed by atoms with E-state index in [0.717, 1.165) is 19.5 Å². The van der Waals surface area contributed by atoms with E-state index in [2.05, 4.69) is 37.4 Å². The zero-order valence-corrected chi connectivity index (χ0v) is 10.5. The van der Waals surface area contributed by atoms with Crippen molar-refractivity contribution in [3.63, 3.8) is 0 Å². The third-order valence-corrected chi connectivity index (χ3v) is 2.82. The molecular weight excluding hydrogens is 202 g/mol. The Hall–Kier alpha value is -0.870. The lowest BCUT2D eigenvalue weighted by molar-refractivity contribution is 0.244. The molecule has 1 heterocycles. The van der Waals surface area contributed by atoms with Crippen LogP contribution in [0.15, 0.2) is 12.4 Å². The van der Waals surface area contributed by atoms with E-state index >= 15 is 0 Å². The van der Waals surface area contributed by atoms with Crippen LogP contribution in [0.1, 0.15) is 32.8 Å². The van der Waals surface area contributed by atoms with Gasteiger partial charge in [0.1, 0.15) is 0 Å². The third-order valence-electron chi connectivity index (χ3n) is 2.82. The fraction of sp³-hybridized carbons (Fsp3) is 0.750. The second-order valence-corrected chi connectivity index (χ2v) is 4.45. The summed E-state index contributed by atoms with van der Waals surface area (Å²) in [7, 11) is 0. The summed E-state index contributed by atoms with van der Waals surface area (Å²) in [6.45, 7) is 8.38. The van der Waals surface area contributed by atoms with Gasteiger partial charge >= 0.3 is 0 Å². The summed E-state index contributed by atoms with van der Waals surface area (Å²) in [5.74, 6) is 0.536. The second kappa shape index (κ2) is 6.66. The number of hydrogen-bond acceptors (Lipinski definition) is 3. The molecule has 0 saturated heterocycles. The highest BCUT2D eigenvalue weighted by molar-refractivity contribution is 5.03. The van der Waals surface area contributed by atoms with Crippen LogP contribution >= 0.6 is 0 Å². The Morgan fingerprint density at radius 2 is 2.25 bits per heavy atom. The van der Waals surface area contributed by atoms with Crippen LogP contribution < -0.4 is 5.32 Å². The lowest BCUT2D eigenvalue weighted by atomic mass is 10.0. The van der Waals surface area contributed by atoms with E-state index in [0.29, 0.717) is 12.0 Å². The van der Waals surface area contributed by atoms with Gasteiger partial charge in [-0.25, -0.2) is 0 Å². The van der Waals surface area contributed by atoms with Crippen LogP contribution in [0.4, 0.5) is 0 Å². The first-order chi connectivity index (χ1) is 7.67. The number of aliphatic hydroxyl groups is 1. The van der Waals surface area contributed by atoms with Crippen molar-refractivity contribution in [3.05, 3.63) is 18.0 Å². The van der Waals surface area contributed by atoms with E-state index in [1.165, 1.54) is 5.56 Å². The van der Waals surface area contributed by atoms with Gasteiger partial charge in [-0.3, -0.25) is 4.68 Å². The largest absolute Gasteiger partial charge is 0.396 e. The van der Waals surface area contributed by atoms with Crippen molar-refractivity contribution in [1.82, 2.24) is 15.1 Å². The average Bonchev–Trinajstić information content (AvgIpc) is 2.71. The molecule has 0 aliphatic rings. The van der Waals surface area contributed by atoms with Gasteiger partial charge in [-0.2, -0.15) is 5.10 Å². The summed E-state index contributed by atoms with van der Waals surface area (Å²) >= 11 is 0. The number of aliphatic hydroxyl groups excluding tert-OH is 1. The SMILES string of the molecule is CCn1cc(CNC(CCO)C(C)C)cn1. The molecule has 0 amide bonds. The van der Waals surface area contributed by atoms with Crippen LogP contribution in [-0.4, -0.2) is 27.5 Å². The molecule has 0 spiro atoms. The fourth-order valence-corrected chi connectivity index (χ4v) is 1.73. The molecule has 4 heteroatoms. The zero-order chi connectivity index (χ0) is 12.0. The maximum atomic E-state index is 8.97. The number of nitrogens with one attached hydrogen (secondary N) is 1. The first kappa shape index (κ1) is 13.2. The van der Waals surface area contributed by atoms with Gasteiger partial charge in [0.2, 0.25) is 0 Å². The van der Waals surface area contributed by atoms with E-state index < -0.39 is 0 Å².